The van der Waals surface area contributed by atoms with Crippen molar-refractivity contribution in [3.63, 3.8) is 0 Å². The molecule has 0 radical (unpaired) electrons. The molecule has 3 aromatic heterocycles. The van der Waals surface area contributed by atoms with Crippen LogP contribution in [-0.4, -0.2) is 55.0 Å². The quantitative estimate of drug-likeness (QED) is 0.302. The predicted molar refractivity (Wildman–Crippen MR) is 115 cm³/mol. The summed E-state index contributed by atoms with van der Waals surface area (Å²) in [5.41, 5.74) is -9.83. The van der Waals surface area contributed by atoms with E-state index < -0.39 is 53.3 Å². The third kappa shape index (κ3) is 4.89. The van der Waals surface area contributed by atoms with Crippen molar-refractivity contribution in [3.05, 3.63) is 41.1 Å². The number of carbonyl (C=O) groups is 1. The Bertz CT molecular complexity index is 1490. The number of nitrogens with one attached hydrogen (secondary N) is 1. The zero-order valence-electron chi connectivity index (χ0n) is 19.6. The van der Waals surface area contributed by atoms with Crippen LogP contribution in [0, 0.1) is 11.3 Å². The predicted octanol–water partition coefficient (Wildman–Crippen LogP) is 5.00. The second-order valence-electron chi connectivity index (χ2n) is 8.54. The summed E-state index contributed by atoms with van der Waals surface area (Å²) in [5, 5.41) is 18.0. The zero-order valence-corrected chi connectivity index (χ0v) is 20.3. The number of nitriles is 1. The lowest BCUT2D eigenvalue weighted by Crippen LogP contribution is -2.51. The molecule has 1 N–H and O–H groups in total. The molecule has 214 valence electrons. The van der Waals surface area contributed by atoms with E-state index in [0.29, 0.717) is 17.5 Å². The summed E-state index contributed by atoms with van der Waals surface area (Å²) in [4.78, 5) is 16.5. The first kappa shape index (κ1) is 29.0. The molecular formula is C21H13ClF9N7O2. The lowest BCUT2D eigenvalue weighted by Gasteiger charge is -2.28. The van der Waals surface area contributed by atoms with Crippen LogP contribution in [-0.2, 0) is 12.7 Å². The van der Waals surface area contributed by atoms with Crippen LogP contribution < -0.4 is 10.1 Å². The number of halogens is 10. The Morgan fingerprint density at radius 3 is 2.30 bits per heavy atom. The first-order chi connectivity index (χ1) is 18.4. The van der Waals surface area contributed by atoms with Crippen molar-refractivity contribution in [2.24, 2.45) is 7.05 Å². The van der Waals surface area contributed by atoms with E-state index in [0.717, 1.165) is 25.6 Å². The van der Waals surface area contributed by atoms with Crippen molar-refractivity contribution < 1.29 is 49.0 Å². The van der Waals surface area contributed by atoms with Gasteiger partial charge < -0.3 is 10.1 Å². The summed E-state index contributed by atoms with van der Waals surface area (Å²) < 4.78 is 126. The Morgan fingerprint density at radius 1 is 1.15 bits per heavy atom. The van der Waals surface area contributed by atoms with Gasteiger partial charge in [0.2, 0.25) is 0 Å². The third-order valence-electron chi connectivity index (χ3n) is 5.82. The van der Waals surface area contributed by atoms with Crippen LogP contribution in [0.1, 0.15) is 28.9 Å². The van der Waals surface area contributed by atoms with E-state index in [-0.39, 0.29) is 26.5 Å². The van der Waals surface area contributed by atoms with Crippen molar-refractivity contribution >= 4 is 17.5 Å². The van der Waals surface area contributed by atoms with E-state index in [4.69, 9.17) is 16.9 Å². The molecule has 0 aromatic carbocycles. The second-order valence-corrected chi connectivity index (χ2v) is 8.90. The van der Waals surface area contributed by atoms with Gasteiger partial charge in [-0.15, -0.1) is 0 Å². The van der Waals surface area contributed by atoms with Gasteiger partial charge in [0.1, 0.15) is 10.7 Å². The molecule has 4 rings (SSSR count). The van der Waals surface area contributed by atoms with Gasteiger partial charge in [-0.1, -0.05) is 11.6 Å². The van der Waals surface area contributed by atoms with Crippen LogP contribution in [0.4, 0.5) is 39.5 Å². The van der Waals surface area contributed by atoms with Crippen molar-refractivity contribution in [3.8, 4) is 28.8 Å². The number of rotatable bonds is 7. The standard InChI is InChI=1S/C21H13ClF9N7O2/c1-37-16(12(40-17(23)24)13(36-37)19(25,20(26,27)28)21(29,30)31)38-7-10(6-34-38)9-4-11(14(22)33-5-9)15(39)35-18(8-32)2-3-18/h4-7,17H,2-3H2,1H3,(H,35,39). The van der Waals surface area contributed by atoms with Crippen LogP contribution >= 0.6 is 11.6 Å². The lowest BCUT2D eigenvalue weighted by atomic mass is 9.99. The molecule has 1 saturated carbocycles. The first-order valence-electron chi connectivity index (χ1n) is 10.7. The number of amides is 1. The van der Waals surface area contributed by atoms with Crippen molar-refractivity contribution in [2.75, 3.05) is 0 Å². The molecule has 3 aromatic rings. The zero-order chi connectivity index (χ0) is 29.8. The highest BCUT2D eigenvalue weighted by Gasteiger charge is 2.76. The minimum absolute atomic E-state index is 0.0172. The lowest BCUT2D eigenvalue weighted by molar-refractivity contribution is -0.350. The highest BCUT2D eigenvalue weighted by Crippen LogP contribution is 2.56. The molecule has 1 aliphatic carbocycles. The van der Waals surface area contributed by atoms with Crippen molar-refractivity contribution in [2.45, 2.75) is 43.0 Å². The van der Waals surface area contributed by atoms with Crippen LogP contribution in [0.3, 0.4) is 0 Å². The molecule has 9 nitrogen and oxygen atoms in total. The number of hydrogen-bond donors (Lipinski definition) is 1. The van der Waals surface area contributed by atoms with Gasteiger partial charge >= 0.3 is 24.6 Å². The fraction of sp³-hybridized carbons (Fsp3) is 0.381. The molecule has 0 aliphatic heterocycles. The molecule has 0 bridgehead atoms. The summed E-state index contributed by atoms with van der Waals surface area (Å²) in [5.74, 6) is -3.64. The number of ether oxygens (including phenoxy) is 1. The molecule has 0 spiro atoms. The molecule has 3 heterocycles. The van der Waals surface area contributed by atoms with Crippen LogP contribution in [0.15, 0.2) is 24.7 Å². The van der Waals surface area contributed by atoms with E-state index in [1.54, 1.807) is 0 Å². The highest BCUT2D eigenvalue weighted by atomic mass is 35.5. The number of pyridine rings is 1. The molecule has 0 saturated heterocycles. The van der Waals surface area contributed by atoms with Crippen molar-refractivity contribution in [1.82, 2.24) is 29.9 Å². The fourth-order valence-electron chi connectivity index (χ4n) is 3.63. The maximum absolute atomic E-state index is 14.8. The second kappa shape index (κ2) is 9.57. The molecule has 19 heteroatoms. The number of alkyl halides is 9. The van der Waals surface area contributed by atoms with Gasteiger partial charge in [-0.25, -0.2) is 18.7 Å². The number of nitrogens with zero attached hydrogens (tertiary/aromatic N) is 6. The van der Waals surface area contributed by atoms with E-state index in [1.807, 2.05) is 6.07 Å². The van der Waals surface area contributed by atoms with E-state index in [9.17, 15) is 44.3 Å². The Hall–Kier alpha value is -4.01. The third-order valence-corrected chi connectivity index (χ3v) is 6.12. The van der Waals surface area contributed by atoms with Crippen molar-refractivity contribution in [1.29, 1.82) is 5.26 Å². The minimum Gasteiger partial charge on any atom is -0.429 e. The maximum atomic E-state index is 14.8. The molecular weight excluding hydrogens is 589 g/mol. The number of hydrogen-bond acceptors (Lipinski definition) is 6. The molecule has 0 unspecified atom stereocenters. The van der Waals surface area contributed by atoms with Crippen LogP contribution in [0.2, 0.25) is 5.15 Å². The maximum Gasteiger partial charge on any atom is 0.437 e. The number of aryl methyl sites for hydroxylation is 1. The molecule has 40 heavy (non-hydrogen) atoms. The first-order valence-corrected chi connectivity index (χ1v) is 11.1. The fourth-order valence-corrected chi connectivity index (χ4v) is 3.82. The summed E-state index contributed by atoms with van der Waals surface area (Å²) in [6.07, 6.45) is -9.46. The SMILES string of the molecule is Cn1nc(C(F)(C(F)(F)F)C(F)(F)F)c(OC(F)F)c1-n1cc(-c2cnc(Cl)c(C(=O)NC3(C#N)CC3)c2)cn1. The summed E-state index contributed by atoms with van der Waals surface area (Å²) in [6.45, 7) is -3.98. The number of aromatic nitrogens is 5. The van der Waals surface area contributed by atoms with E-state index in [1.165, 1.54) is 6.07 Å². The van der Waals surface area contributed by atoms with Gasteiger partial charge in [0.05, 0.1) is 17.8 Å². The summed E-state index contributed by atoms with van der Waals surface area (Å²) in [6, 6.07) is 3.14. The average molecular weight is 602 g/mol. The van der Waals surface area contributed by atoms with E-state index >= 15 is 0 Å². The van der Waals surface area contributed by atoms with E-state index in [2.05, 4.69) is 25.2 Å². The number of carbonyl (C=O) groups excluding carboxylic acids is 1. The molecule has 0 atom stereocenters. The largest absolute Gasteiger partial charge is 0.437 e. The van der Waals surface area contributed by atoms with Gasteiger partial charge in [0.25, 0.3) is 5.91 Å². The van der Waals surface area contributed by atoms with Gasteiger partial charge in [0, 0.05) is 30.6 Å². The monoisotopic (exact) mass is 601 g/mol. The van der Waals surface area contributed by atoms with Crippen LogP contribution in [0.5, 0.6) is 5.75 Å². The Morgan fingerprint density at radius 2 is 1.77 bits per heavy atom. The van der Waals surface area contributed by atoms with Gasteiger partial charge in [-0.05, 0) is 18.9 Å². The van der Waals surface area contributed by atoms with Gasteiger partial charge in [-0.2, -0.15) is 50.6 Å². The minimum atomic E-state index is -6.66. The van der Waals surface area contributed by atoms with Gasteiger partial charge in [0.15, 0.2) is 17.3 Å². The summed E-state index contributed by atoms with van der Waals surface area (Å²) in [7, 11) is 0.751. The Labute approximate surface area is 222 Å². The average Bonchev–Trinajstić information content (AvgIpc) is 3.31. The summed E-state index contributed by atoms with van der Waals surface area (Å²) >= 11 is 5.99. The van der Waals surface area contributed by atoms with Crippen LogP contribution in [0.25, 0.3) is 16.9 Å². The normalized spacial score (nSPS) is 15.2. The molecule has 1 aliphatic rings. The highest BCUT2D eigenvalue weighted by molar-refractivity contribution is 6.32. The Kier molecular flexibility index (Phi) is 6.94. The molecule has 1 amide bonds. The topological polar surface area (TPSA) is 111 Å². The molecule has 1 fully saturated rings. The Balaban J connectivity index is 1.80. The van der Waals surface area contributed by atoms with Gasteiger partial charge in [-0.3, -0.25) is 4.79 Å². The smallest absolute Gasteiger partial charge is 0.429 e.